The number of nitrogens with zero attached hydrogens (tertiary/aromatic N) is 1. The maximum absolute atomic E-state index is 11.8. The molecule has 0 saturated carbocycles. The molecule has 0 aliphatic rings. The van der Waals surface area contributed by atoms with E-state index in [4.69, 9.17) is 9.15 Å². The number of furan rings is 1. The summed E-state index contributed by atoms with van der Waals surface area (Å²) in [6, 6.07) is 23.3. The van der Waals surface area contributed by atoms with Gasteiger partial charge in [-0.05, 0) is 68.2 Å². The zero-order chi connectivity index (χ0) is 20.1. The number of hydrogen-bond donors (Lipinski definition) is 1. The van der Waals surface area contributed by atoms with E-state index in [0.717, 1.165) is 21.3 Å². The molecule has 0 spiro atoms. The molecular weight excluding hydrogens is 432 g/mol. The molecule has 5 nitrogen and oxygen atoms in total. The number of halogens is 1. The van der Waals surface area contributed by atoms with E-state index in [1.807, 2.05) is 36.4 Å². The van der Waals surface area contributed by atoms with Crippen LogP contribution in [0, 0.1) is 0 Å². The Morgan fingerprint density at radius 3 is 2.76 bits per heavy atom. The monoisotopic (exact) mass is 448 g/mol. The van der Waals surface area contributed by atoms with Crippen LogP contribution in [0.1, 0.15) is 21.7 Å². The number of carbonyl (C=O) groups is 1. The molecule has 1 N–H and O–H groups in total. The largest absolute Gasteiger partial charge is 0.488 e. The van der Waals surface area contributed by atoms with Crippen molar-refractivity contribution < 1.29 is 13.9 Å². The molecule has 0 aliphatic carbocycles. The summed E-state index contributed by atoms with van der Waals surface area (Å²) >= 11 is 3.53. The van der Waals surface area contributed by atoms with Crippen LogP contribution in [0.25, 0.3) is 10.8 Å². The molecule has 0 fully saturated rings. The van der Waals surface area contributed by atoms with Crippen LogP contribution in [-0.4, -0.2) is 12.1 Å². The lowest BCUT2D eigenvalue weighted by molar-refractivity contribution is 0.0927. The van der Waals surface area contributed by atoms with Crippen LogP contribution in [0.3, 0.4) is 0 Å². The molecular formula is C23H17BrN2O3. The highest BCUT2D eigenvalue weighted by atomic mass is 79.9. The van der Waals surface area contributed by atoms with E-state index in [9.17, 15) is 4.79 Å². The van der Waals surface area contributed by atoms with Crippen LogP contribution in [0.5, 0.6) is 5.75 Å². The van der Waals surface area contributed by atoms with Crippen molar-refractivity contribution in [3.8, 4) is 5.75 Å². The van der Waals surface area contributed by atoms with Crippen molar-refractivity contribution >= 4 is 38.8 Å². The Hall–Kier alpha value is -3.38. The number of hydrazone groups is 1. The lowest BCUT2D eigenvalue weighted by Crippen LogP contribution is -2.16. The second-order valence-corrected chi connectivity index (χ2v) is 7.15. The van der Waals surface area contributed by atoms with Gasteiger partial charge in [0, 0.05) is 0 Å². The van der Waals surface area contributed by atoms with Crippen LogP contribution in [0.2, 0.25) is 0 Å². The van der Waals surface area contributed by atoms with Crippen LogP contribution < -0.4 is 10.2 Å². The van der Waals surface area contributed by atoms with E-state index in [0.29, 0.717) is 6.61 Å². The molecule has 0 atom stereocenters. The quantitative estimate of drug-likeness (QED) is 0.311. The van der Waals surface area contributed by atoms with Crippen molar-refractivity contribution in [2.24, 2.45) is 5.10 Å². The van der Waals surface area contributed by atoms with Gasteiger partial charge in [-0.1, -0.05) is 42.5 Å². The minimum atomic E-state index is -0.402. The SMILES string of the molecule is O=C(N/N=C\c1ccc(OCc2cccc3ccccc23)c(Br)c1)c1ccco1. The number of carbonyl (C=O) groups excluding carboxylic acids is 1. The number of fused-ring (bicyclic) bond motifs is 1. The third kappa shape index (κ3) is 4.55. The van der Waals surface area contributed by atoms with Gasteiger partial charge in [-0.25, -0.2) is 5.43 Å². The van der Waals surface area contributed by atoms with Crippen LogP contribution in [0.4, 0.5) is 0 Å². The first-order chi connectivity index (χ1) is 14.2. The average molecular weight is 449 g/mol. The van der Waals surface area contributed by atoms with Gasteiger partial charge < -0.3 is 9.15 Å². The van der Waals surface area contributed by atoms with Crippen molar-refractivity contribution in [3.63, 3.8) is 0 Å². The first-order valence-electron chi connectivity index (χ1n) is 8.96. The van der Waals surface area contributed by atoms with Gasteiger partial charge in [0.05, 0.1) is 17.0 Å². The summed E-state index contributed by atoms with van der Waals surface area (Å²) in [7, 11) is 0. The molecule has 0 unspecified atom stereocenters. The van der Waals surface area contributed by atoms with Gasteiger partial charge in [-0.2, -0.15) is 5.10 Å². The minimum absolute atomic E-state index is 0.209. The first-order valence-corrected chi connectivity index (χ1v) is 9.76. The second kappa shape index (κ2) is 8.75. The summed E-state index contributed by atoms with van der Waals surface area (Å²) in [5.41, 5.74) is 4.36. The summed E-state index contributed by atoms with van der Waals surface area (Å²) < 4.78 is 11.8. The van der Waals surface area contributed by atoms with E-state index < -0.39 is 5.91 Å². The van der Waals surface area contributed by atoms with Crippen molar-refractivity contribution in [2.75, 3.05) is 0 Å². The third-order valence-corrected chi connectivity index (χ3v) is 4.96. The Kier molecular flexibility index (Phi) is 5.72. The summed E-state index contributed by atoms with van der Waals surface area (Å²) in [5.74, 6) is 0.538. The molecule has 4 aromatic rings. The van der Waals surface area contributed by atoms with Gasteiger partial charge in [0.25, 0.3) is 0 Å². The molecule has 6 heteroatoms. The summed E-state index contributed by atoms with van der Waals surface area (Å²) in [6.07, 6.45) is 2.99. The Balaban J connectivity index is 1.41. The summed E-state index contributed by atoms with van der Waals surface area (Å²) in [5, 5.41) is 6.32. The van der Waals surface area contributed by atoms with Gasteiger partial charge in [-0.15, -0.1) is 0 Å². The van der Waals surface area contributed by atoms with Crippen molar-refractivity contribution in [3.05, 3.63) is 100 Å². The Labute approximate surface area is 176 Å². The van der Waals surface area contributed by atoms with Crippen molar-refractivity contribution in [2.45, 2.75) is 6.61 Å². The Bertz CT molecular complexity index is 1160. The lowest BCUT2D eigenvalue weighted by atomic mass is 10.1. The molecule has 1 aromatic heterocycles. The highest BCUT2D eigenvalue weighted by molar-refractivity contribution is 9.10. The number of hydrogen-bond acceptors (Lipinski definition) is 4. The molecule has 29 heavy (non-hydrogen) atoms. The number of amides is 1. The highest BCUT2D eigenvalue weighted by Gasteiger charge is 2.07. The van der Waals surface area contributed by atoms with Gasteiger partial charge >= 0.3 is 5.91 Å². The molecule has 0 saturated heterocycles. The molecule has 0 radical (unpaired) electrons. The Morgan fingerprint density at radius 2 is 1.93 bits per heavy atom. The van der Waals surface area contributed by atoms with Crippen LogP contribution >= 0.6 is 15.9 Å². The zero-order valence-electron chi connectivity index (χ0n) is 15.3. The normalized spacial score (nSPS) is 11.1. The third-order valence-electron chi connectivity index (χ3n) is 4.34. The van der Waals surface area contributed by atoms with Crippen molar-refractivity contribution in [1.29, 1.82) is 0 Å². The number of ether oxygens (including phenoxy) is 1. The fourth-order valence-corrected chi connectivity index (χ4v) is 3.43. The van der Waals surface area contributed by atoms with Crippen molar-refractivity contribution in [1.82, 2.24) is 5.43 Å². The number of nitrogens with one attached hydrogen (secondary N) is 1. The maximum atomic E-state index is 11.8. The predicted octanol–water partition coefficient (Wildman–Crippen LogP) is 5.54. The first kappa shape index (κ1) is 19.0. The molecule has 1 amide bonds. The van der Waals surface area contributed by atoms with Gasteiger partial charge in [-0.3, -0.25) is 4.79 Å². The van der Waals surface area contributed by atoms with E-state index in [1.165, 1.54) is 17.0 Å². The lowest BCUT2D eigenvalue weighted by Gasteiger charge is -2.11. The topological polar surface area (TPSA) is 63.8 Å². The van der Waals surface area contributed by atoms with Gasteiger partial charge in [0.2, 0.25) is 0 Å². The number of rotatable bonds is 6. The van der Waals surface area contributed by atoms with Gasteiger partial charge in [0.1, 0.15) is 12.4 Å². The molecule has 4 rings (SSSR count). The van der Waals surface area contributed by atoms with Crippen LogP contribution in [0.15, 0.2) is 93.1 Å². The highest BCUT2D eigenvalue weighted by Crippen LogP contribution is 2.27. The minimum Gasteiger partial charge on any atom is -0.488 e. The Morgan fingerprint density at radius 1 is 1.07 bits per heavy atom. The summed E-state index contributed by atoms with van der Waals surface area (Å²) in [4.78, 5) is 11.8. The van der Waals surface area contributed by atoms with E-state index in [-0.39, 0.29) is 5.76 Å². The number of benzene rings is 3. The molecule has 0 bridgehead atoms. The van der Waals surface area contributed by atoms with Gasteiger partial charge in [0.15, 0.2) is 5.76 Å². The second-order valence-electron chi connectivity index (χ2n) is 6.29. The van der Waals surface area contributed by atoms with Crippen LogP contribution in [-0.2, 0) is 6.61 Å². The average Bonchev–Trinajstić information content (AvgIpc) is 3.28. The molecule has 0 aliphatic heterocycles. The fourth-order valence-electron chi connectivity index (χ4n) is 2.92. The molecule has 1 heterocycles. The summed E-state index contributed by atoms with van der Waals surface area (Å²) in [6.45, 7) is 0.465. The zero-order valence-corrected chi connectivity index (χ0v) is 16.9. The van der Waals surface area contributed by atoms with E-state index in [2.05, 4.69) is 50.7 Å². The van der Waals surface area contributed by atoms with E-state index in [1.54, 1.807) is 18.3 Å². The maximum Gasteiger partial charge on any atom is 0.307 e. The predicted molar refractivity (Wildman–Crippen MR) is 116 cm³/mol. The fraction of sp³-hybridized carbons (Fsp3) is 0.0435. The molecule has 3 aromatic carbocycles. The molecule has 144 valence electrons. The standard InChI is InChI=1S/C23H17BrN2O3/c24-20-13-16(14-25-26-23(27)22-9-4-12-28-22)10-11-21(20)29-15-18-7-3-6-17-5-1-2-8-19(17)18/h1-14H,15H2,(H,26,27)/b25-14-. The van der Waals surface area contributed by atoms with E-state index >= 15 is 0 Å². The smallest absolute Gasteiger partial charge is 0.307 e.